The summed E-state index contributed by atoms with van der Waals surface area (Å²) in [6.45, 7) is 4.48. The van der Waals surface area contributed by atoms with Crippen LogP contribution in [0.2, 0.25) is 0 Å². The summed E-state index contributed by atoms with van der Waals surface area (Å²) in [4.78, 5) is 8.81. The number of aromatic nitrogens is 4. The number of nitrogen functional groups attached to an aromatic ring is 1. The first-order valence-corrected chi connectivity index (χ1v) is 10.7. The topological polar surface area (TPSA) is 90.9 Å². The molecule has 0 amide bonds. The van der Waals surface area contributed by atoms with Gasteiger partial charge in [-0.15, -0.1) is 0 Å². The largest absolute Gasteiger partial charge is 0.463 e. The molecule has 1 saturated heterocycles. The van der Waals surface area contributed by atoms with Crippen LogP contribution < -0.4 is 15.8 Å². The smallest absolute Gasteiger partial charge is 0.320 e. The van der Waals surface area contributed by atoms with E-state index in [2.05, 4.69) is 51.6 Å². The molecule has 4 rings (SSSR count). The Morgan fingerprint density at radius 1 is 1.24 bits per heavy atom. The zero-order chi connectivity index (χ0) is 20.1. The average molecular weight is 395 g/mol. The molecule has 0 aliphatic carbocycles. The molecular formula is C22H30N6O. The number of hydrogen-bond donors (Lipinski definition) is 2. The van der Waals surface area contributed by atoms with Gasteiger partial charge in [0.05, 0.1) is 24.7 Å². The van der Waals surface area contributed by atoms with Crippen molar-refractivity contribution in [3.05, 3.63) is 41.6 Å². The maximum absolute atomic E-state index is 6.10. The molecule has 29 heavy (non-hydrogen) atoms. The Morgan fingerprint density at radius 3 is 2.97 bits per heavy atom. The molecule has 1 atom stereocenters. The zero-order valence-corrected chi connectivity index (χ0v) is 17.1. The summed E-state index contributed by atoms with van der Waals surface area (Å²) in [6.07, 6.45) is 8.68. The van der Waals surface area contributed by atoms with Crippen LogP contribution in [0.1, 0.15) is 50.2 Å². The predicted octanol–water partition coefficient (Wildman–Crippen LogP) is 3.32. The monoisotopic (exact) mass is 394 g/mol. The lowest BCUT2D eigenvalue weighted by Crippen LogP contribution is -2.35. The highest BCUT2D eigenvalue weighted by molar-refractivity contribution is 5.85. The van der Waals surface area contributed by atoms with E-state index in [1.54, 1.807) is 6.20 Å². The zero-order valence-electron chi connectivity index (χ0n) is 17.1. The lowest BCUT2D eigenvalue weighted by Gasteiger charge is -2.23. The lowest BCUT2D eigenvalue weighted by atomic mass is 9.97. The second kappa shape index (κ2) is 9.22. The molecule has 3 aromatic rings. The molecular weight excluding hydrogens is 364 g/mol. The maximum Gasteiger partial charge on any atom is 0.320 e. The number of piperidine rings is 1. The van der Waals surface area contributed by atoms with Crippen LogP contribution in [-0.2, 0) is 13.0 Å². The number of nitrogens with one attached hydrogen (secondary N) is 1. The number of rotatable bonds is 8. The van der Waals surface area contributed by atoms with Crippen molar-refractivity contribution in [3.63, 3.8) is 0 Å². The van der Waals surface area contributed by atoms with Crippen molar-refractivity contribution in [1.82, 2.24) is 25.1 Å². The molecule has 0 saturated carbocycles. The maximum atomic E-state index is 6.10. The summed E-state index contributed by atoms with van der Waals surface area (Å²) < 4.78 is 7.54. The standard InChI is InChI=1S/C22H30N6O/c1-2-3-11-29-22-26-20(23)19-14-25-28(21(19)27-22)15-17-8-6-7-16(12-17)13-18-9-4-5-10-24-18/h6-8,12,14,18,24H,2-5,9-11,13,15H2,1H3,(H2,23,26,27). The Morgan fingerprint density at radius 2 is 2.14 bits per heavy atom. The fraction of sp³-hybridized carbons (Fsp3) is 0.500. The molecule has 1 fully saturated rings. The van der Waals surface area contributed by atoms with E-state index < -0.39 is 0 Å². The van der Waals surface area contributed by atoms with Gasteiger partial charge in [0, 0.05) is 6.04 Å². The van der Waals surface area contributed by atoms with Gasteiger partial charge >= 0.3 is 6.01 Å². The van der Waals surface area contributed by atoms with E-state index in [1.165, 1.54) is 30.4 Å². The van der Waals surface area contributed by atoms with E-state index in [0.717, 1.165) is 31.2 Å². The number of nitrogens with two attached hydrogens (primary N) is 1. The van der Waals surface area contributed by atoms with E-state index in [9.17, 15) is 0 Å². The molecule has 3 N–H and O–H groups in total. The predicted molar refractivity (Wildman–Crippen MR) is 115 cm³/mol. The first-order valence-electron chi connectivity index (χ1n) is 10.7. The van der Waals surface area contributed by atoms with Crippen molar-refractivity contribution in [2.45, 2.75) is 58.0 Å². The quantitative estimate of drug-likeness (QED) is 0.570. The van der Waals surface area contributed by atoms with Crippen molar-refractivity contribution < 1.29 is 4.74 Å². The van der Waals surface area contributed by atoms with Gasteiger partial charge in [-0.1, -0.05) is 44.0 Å². The summed E-state index contributed by atoms with van der Waals surface area (Å²) in [6, 6.07) is 9.65. The number of hydrogen-bond acceptors (Lipinski definition) is 6. The van der Waals surface area contributed by atoms with Crippen LogP contribution in [0.3, 0.4) is 0 Å². The number of nitrogens with zero attached hydrogens (tertiary/aromatic N) is 4. The molecule has 1 aliphatic heterocycles. The Kier molecular flexibility index (Phi) is 6.24. The van der Waals surface area contributed by atoms with E-state index in [0.29, 0.717) is 36.7 Å². The van der Waals surface area contributed by atoms with Gasteiger partial charge in [0.25, 0.3) is 0 Å². The first-order chi connectivity index (χ1) is 14.2. The number of ether oxygens (including phenoxy) is 1. The van der Waals surface area contributed by atoms with E-state index in [-0.39, 0.29) is 0 Å². The molecule has 0 radical (unpaired) electrons. The van der Waals surface area contributed by atoms with Crippen LogP contribution in [-0.4, -0.2) is 38.9 Å². The third kappa shape index (κ3) is 4.85. The van der Waals surface area contributed by atoms with Crippen LogP contribution in [0, 0.1) is 0 Å². The molecule has 2 aromatic heterocycles. The molecule has 1 unspecified atom stereocenters. The van der Waals surface area contributed by atoms with Gasteiger partial charge in [0.2, 0.25) is 0 Å². The van der Waals surface area contributed by atoms with Crippen LogP contribution in [0.25, 0.3) is 11.0 Å². The summed E-state index contributed by atoms with van der Waals surface area (Å²) in [5.74, 6) is 0.407. The van der Waals surface area contributed by atoms with Gasteiger partial charge in [-0.3, -0.25) is 0 Å². The summed E-state index contributed by atoms with van der Waals surface area (Å²) in [5, 5.41) is 8.89. The second-order valence-electron chi connectivity index (χ2n) is 7.80. The Bertz CT molecular complexity index is 948. The molecule has 0 spiro atoms. The molecule has 1 aromatic carbocycles. The fourth-order valence-electron chi connectivity index (χ4n) is 3.86. The molecule has 1 aliphatic rings. The Hall–Kier alpha value is -2.67. The third-order valence-corrected chi connectivity index (χ3v) is 5.45. The van der Waals surface area contributed by atoms with Crippen LogP contribution in [0.4, 0.5) is 5.82 Å². The molecule has 7 nitrogen and oxygen atoms in total. The minimum atomic E-state index is 0.322. The normalized spacial score (nSPS) is 16.9. The van der Waals surface area contributed by atoms with Gasteiger partial charge in [0.15, 0.2) is 5.65 Å². The number of benzene rings is 1. The third-order valence-electron chi connectivity index (χ3n) is 5.45. The van der Waals surface area contributed by atoms with Crippen molar-refractivity contribution in [1.29, 1.82) is 0 Å². The van der Waals surface area contributed by atoms with Gasteiger partial charge in [-0.05, 0) is 43.4 Å². The number of unbranched alkanes of at least 4 members (excludes halogenated alkanes) is 1. The summed E-state index contributed by atoms with van der Waals surface area (Å²) >= 11 is 0. The minimum absolute atomic E-state index is 0.322. The summed E-state index contributed by atoms with van der Waals surface area (Å²) in [7, 11) is 0. The van der Waals surface area contributed by atoms with E-state index >= 15 is 0 Å². The van der Waals surface area contributed by atoms with Gasteiger partial charge in [-0.25, -0.2) is 4.68 Å². The van der Waals surface area contributed by atoms with Gasteiger partial charge < -0.3 is 15.8 Å². The van der Waals surface area contributed by atoms with Gasteiger partial charge in [-0.2, -0.15) is 15.1 Å². The molecule has 7 heteroatoms. The van der Waals surface area contributed by atoms with Gasteiger partial charge in [0.1, 0.15) is 5.82 Å². The molecule has 3 heterocycles. The number of anilines is 1. The van der Waals surface area contributed by atoms with E-state index in [1.807, 2.05) is 4.68 Å². The van der Waals surface area contributed by atoms with Crippen molar-refractivity contribution in [2.75, 3.05) is 18.9 Å². The van der Waals surface area contributed by atoms with Crippen LogP contribution in [0.5, 0.6) is 6.01 Å². The molecule has 154 valence electrons. The summed E-state index contributed by atoms with van der Waals surface area (Å²) in [5.41, 5.74) is 9.38. The highest BCUT2D eigenvalue weighted by Crippen LogP contribution is 2.22. The highest BCUT2D eigenvalue weighted by Gasteiger charge is 2.15. The van der Waals surface area contributed by atoms with Crippen molar-refractivity contribution in [2.24, 2.45) is 0 Å². The van der Waals surface area contributed by atoms with Crippen LogP contribution in [0.15, 0.2) is 30.5 Å². The van der Waals surface area contributed by atoms with Crippen molar-refractivity contribution >= 4 is 16.9 Å². The minimum Gasteiger partial charge on any atom is -0.463 e. The second-order valence-corrected chi connectivity index (χ2v) is 7.80. The SMILES string of the molecule is CCCCOc1nc(N)c2cnn(Cc3cccc(CC4CCCCN4)c3)c2n1. The van der Waals surface area contributed by atoms with Crippen molar-refractivity contribution in [3.8, 4) is 6.01 Å². The van der Waals surface area contributed by atoms with Crippen LogP contribution >= 0.6 is 0 Å². The average Bonchev–Trinajstić information content (AvgIpc) is 3.12. The highest BCUT2D eigenvalue weighted by atomic mass is 16.5. The first kappa shape index (κ1) is 19.6. The Balaban J connectivity index is 1.52. The Labute approximate surface area is 171 Å². The molecule has 0 bridgehead atoms. The fourth-order valence-corrected chi connectivity index (χ4v) is 3.86. The van der Waals surface area contributed by atoms with E-state index in [4.69, 9.17) is 10.5 Å². The lowest BCUT2D eigenvalue weighted by molar-refractivity contribution is 0.286. The number of fused-ring (bicyclic) bond motifs is 1.